The van der Waals surface area contributed by atoms with E-state index in [1.165, 1.54) is 24.0 Å². The molecule has 4 bridgehead atoms. The number of pyridine rings is 1. The summed E-state index contributed by atoms with van der Waals surface area (Å²) in [4.78, 5) is 18.6. The van der Waals surface area contributed by atoms with Crippen LogP contribution in [-0.2, 0) is 27.7 Å². The molecule has 0 unspecified atom stereocenters. The number of hydrogen-bond donors (Lipinski definition) is 1. The Hall–Kier alpha value is -2.30. The molecule has 2 aliphatic rings. The number of fused-ring (bicyclic) bond motifs is 5. The molecule has 1 saturated heterocycles. The summed E-state index contributed by atoms with van der Waals surface area (Å²) < 4.78 is 62.5. The van der Waals surface area contributed by atoms with Crippen LogP contribution in [0.25, 0.3) is 0 Å². The first-order chi connectivity index (χ1) is 15.2. The zero-order chi connectivity index (χ0) is 23.0. The molecule has 0 saturated carbocycles. The van der Waals surface area contributed by atoms with Gasteiger partial charge in [-0.05, 0) is 43.5 Å². The molecule has 32 heavy (non-hydrogen) atoms. The van der Waals surface area contributed by atoms with Crippen LogP contribution in [0.3, 0.4) is 0 Å². The lowest BCUT2D eigenvalue weighted by molar-refractivity contribution is -0.132. The van der Waals surface area contributed by atoms with Gasteiger partial charge in [-0.3, -0.25) is 4.79 Å². The number of aryl methyl sites for hydroxylation is 1. The third kappa shape index (κ3) is 4.57. The molecule has 1 fully saturated rings. The van der Waals surface area contributed by atoms with Crippen molar-refractivity contribution in [3.63, 3.8) is 0 Å². The molecule has 0 spiro atoms. The minimum Gasteiger partial charge on any atom is -0.434 e. The maximum absolute atomic E-state index is 15.3. The first-order valence-electron chi connectivity index (χ1n) is 10.2. The van der Waals surface area contributed by atoms with Gasteiger partial charge in [0.05, 0.1) is 24.4 Å². The first kappa shape index (κ1) is 22.9. The zero-order valence-electron chi connectivity index (χ0n) is 17.2. The van der Waals surface area contributed by atoms with Crippen LogP contribution in [0, 0.1) is 5.82 Å². The molecule has 0 radical (unpaired) electrons. The van der Waals surface area contributed by atoms with Gasteiger partial charge in [-0.1, -0.05) is 23.7 Å². The highest BCUT2D eigenvalue weighted by Crippen LogP contribution is 2.33. The molecule has 1 aromatic heterocycles. The fourth-order valence-electron chi connectivity index (χ4n) is 4.01. The van der Waals surface area contributed by atoms with Gasteiger partial charge in [-0.25, -0.2) is 26.9 Å². The summed E-state index contributed by atoms with van der Waals surface area (Å²) in [5.41, 5.74) is 0.663. The maximum Gasteiger partial charge on any atom is 0.238 e. The Labute approximate surface area is 189 Å². The summed E-state index contributed by atoms with van der Waals surface area (Å²) in [5.74, 6) is -1.42. The van der Waals surface area contributed by atoms with Gasteiger partial charge in [0.1, 0.15) is 11.2 Å². The largest absolute Gasteiger partial charge is 0.434 e. The highest BCUT2D eigenvalue weighted by Gasteiger charge is 2.46. The summed E-state index contributed by atoms with van der Waals surface area (Å²) in [6.07, 6.45) is -1.46. The van der Waals surface area contributed by atoms with Crippen LogP contribution in [0.1, 0.15) is 24.6 Å². The number of carbonyl (C=O) groups excluding carboxylic acids is 1. The number of nitrogens with one attached hydrogen (secondary N) is 1. The van der Waals surface area contributed by atoms with E-state index in [4.69, 9.17) is 16.3 Å². The third-order valence-electron chi connectivity index (χ3n) is 5.74. The van der Waals surface area contributed by atoms with Crippen LogP contribution in [0.4, 0.5) is 8.78 Å². The van der Waals surface area contributed by atoms with Gasteiger partial charge in [-0.15, -0.1) is 0 Å². The van der Waals surface area contributed by atoms with Crippen molar-refractivity contribution in [2.75, 3.05) is 12.3 Å². The van der Waals surface area contributed by atoms with Gasteiger partial charge in [0, 0.05) is 12.1 Å². The smallest absolute Gasteiger partial charge is 0.238 e. The van der Waals surface area contributed by atoms with Gasteiger partial charge < -0.3 is 9.64 Å². The number of alkyl halides is 1. The second-order valence-corrected chi connectivity index (χ2v) is 10.3. The lowest BCUT2D eigenvalue weighted by Gasteiger charge is -2.28. The normalized spacial score (nSPS) is 23.6. The van der Waals surface area contributed by atoms with Crippen LogP contribution < -0.4 is 9.46 Å². The number of amides is 1. The fraction of sp³-hybridized carbons (Fsp3) is 0.429. The maximum atomic E-state index is 15.3. The number of nitrogens with zero attached hydrogens (tertiary/aromatic N) is 2. The van der Waals surface area contributed by atoms with Crippen molar-refractivity contribution in [1.29, 1.82) is 0 Å². The molecule has 11 heteroatoms. The van der Waals surface area contributed by atoms with E-state index >= 15 is 4.39 Å². The average Bonchev–Trinajstić information content (AvgIpc) is 3.05. The van der Waals surface area contributed by atoms with Crippen molar-refractivity contribution < 1.29 is 26.7 Å². The predicted molar refractivity (Wildman–Crippen MR) is 115 cm³/mol. The standard InChI is InChI=1S/C21H22ClF2N3O4S/c1-2-32(29,30)26-20-15(23)11-27-16(20)10-12-4-3-5-17(19(12)24)31-21-14(22)8-6-13(25-21)7-9-18(27)28/h3-6,8,15-16,20,26H,2,7,9-11H2,1H3/t15-,16-,20-/m0/s1. The van der Waals surface area contributed by atoms with Crippen molar-refractivity contribution in [2.24, 2.45) is 0 Å². The van der Waals surface area contributed by atoms with Crippen LogP contribution in [0.5, 0.6) is 11.6 Å². The Morgan fingerprint density at radius 3 is 2.81 bits per heavy atom. The van der Waals surface area contributed by atoms with Gasteiger partial charge in [-0.2, -0.15) is 0 Å². The molecule has 2 aliphatic heterocycles. The van der Waals surface area contributed by atoms with Crippen LogP contribution in [0.15, 0.2) is 30.3 Å². The van der Waals surface area contributed by atoms with E-state index in [0.29, 0.717) is 5.69 Å². The van der Waals surface area contributed by atoms with Crippen molar-refractivity contribution in [1.82, 2.24) is 14.6 Å². The second kappa shape index (κ2) is 8.92. The lowest BCUT2D eigenvalue weighted by Crippen LogP contribution is -2.50. The highest BCUT2D eigenvalue weighted by molar-refractivity contribution is 7.89. The minimum absolute atomic E-state index is 0.0183. The molecular weight excluding hydrogens is 464 g/mol. The number of hydrogen-bond acceptors (Lipinski definition) is 5. The molecule has 2 aromatic rings. The van der Waals surface area contributed by atoms with Gasteiger partial charge in [0.2, 0.25) is 21.8 Å². The fourth-order valence-corrected chi connectivity index (χ4v) is 5.04. The molecule has 0 aliphatic carbocycles. The van der Waals surface area contributed by atoms with Crippen molar-refractivity contribution >= 4 is 27.5 Å². The number of sulfonamides is 1. The van der Waals surface area contributed by atoms with E-state index < -0.39 is 34.1 Å². The van der Waals surface area contributed by atoms with Gasteiger partial charge >= 0.3 is 0 Å². The molecule has 3 heterocycles. The quantitative estimate of drug-likeness (QED) is 0.722. The van der Waals surface area contributed by atoms with E-state index in [0.717, 1.165) is 0 Å². The monoisotopic (exact) mass is 485 g/mol. The van der Waals surface area contributed by atoms with Crippen LogP contribution >= 0.6 is 11.6 Å². The van der Waals surface area contributed by atoms with E-state index in [9.17, 15) is 17.6 Å². The Morgan fingerprint density at radius 1 is 1.28 bits per heavy atom. The van der Waals surface area contributed by atoms with Crippen LogP contribution in [0.2, 0.25) is 5.02 Å². The van der Waals surface area contributed by atoms with Crippen molar-refractivity contribution in [2.45, 2.75) is 44.4 Å². The third-order valence-corrected chi connectivity index (χ3v) is 7.42. The Kier molecular flexibility index (Phi) is 6.37. The number of ether oxygens (including phenoxy) is 1. The molecule has 172 valence electrons. The number of aromatic nitrogens is 1. The van der Waals surface area contributed by atoms with Gasteiger partial charge in [0.25, 0.3) is 0 Å². The van der Waals surface area contributed by atoms with Crippen molar-refractivity contribution in [3.05, 3.63) is 52.4 Å². The predicted octanol–water partition coefficient (Wildman–Crippen LogP) is 3.01. The van der Waals surface area contributed by atoms with Gasteiger partial charge in [0.15, 0.2) is 11.6 Å². The summed E-state index contributed by atoms with van der Waals surface area (Å²) >= 11 is 6.14. The molecule has 1 N–H and O–H groups in total. The highest BCUT2D eigenvalue weighted by atomic mass is 35.5. The summed E-state index contributed by atoms with van der Waals surface area (Å²) in [5, 5.41) is 0.190. The summed E-state index contributed by atoms with van der Waals surface area (Å²) in [6.45, 7) is 1.15. The Balaban J connectivity index is 1.78. The number of halogens is 3. The zero-order valence-corrected chi connectivity index (χ0v) is 18.8. The lowest BCUT2D eigenvalue weighted by atomic mass is 9.99. The number of rotatable bonds is 3. The Morgan fingerprint density at radius 2 is 2.06 bits per heavy atom. The number of benzene rings is 1. The van der Waals surface area contributed by atoms with Crippen LogP contribution in [-0.4, -0.2) is 54.8 Å². The first-order valence-corrected chi connectivity index (χ1v) is 12.3. The average molecular weight is 486 g/mol. The molecule has 1 amide bonds. The molecular formula is C21H22ClF2N3O4S. The van der Waals surface area contributed by atoms with E-state index in [-0.39, 0.29) is 59.7 Å². The SMILES string of the molecule is CCS(=O)(=O)N[C@H]1[C@@H](F)CN2C(=O)CCc3ccc(Cl)c(n3)Oc3cccc(c3F)C[C@@H]12. The van der Waals surface area contributed by atoms with Crippen molar-refractivity contribution in [3.8, 4) is 11.6 Å². The Bertz CT molecular complexity index is 1150. The second-order valence-electron chi connectivity index (χ2n) is 7.80. The molecule has 3 atom stereocenters. The number of carbonyl (C=O) groups is 1. The molecule has 1 aromatic carbocycles. The minimum atomic E-state index is -3.75. The van der Waals surface area contributed by atoms with E-state index in [1.54, 1.807) is 18.2 Å². The van der Waals surface area contributed by atoms with E-state index in [1.807, 2.05) is 0 Å². The molecule has 7 nitrogen and oxygen atoms in total. The molecule has 4 rings (SSSR count). The summed E-state index contributed by atoms with van der Waals surface area (Å²) in [6, 6.07) is 5.56. The topological polar surface area (TPSA) is 88.6 Å². The summed E-state index contributed by atoms with van der Waals surface area (Å²) in [7, 11) is -3.75. The van der Waals surface area contributed by atoms with E-state index in [2.05, 4.69) is 9.71 Å².